The minimum Gasteiger partial charge on any atom is -0.356 e. The molecule has 1 atom stereocenters. The van der Waals surface area contributed by atoms with Crippen molar-refractivity contribution < 1.29 is 4.52 Å². The van der Waals surface area contributed by atoms with Crippen molar-refractivity contribution >= 4 is 41.3 Å². The van der Waals surface area contributed by atoms with Gasteiger partial charge in [-0.2, -0.15) is 4.98 Å². The lowest BCUT2D eigenvalue weighted by molar-refractivity contribution is 0.386. The summed E-state index contributed by atoms with van der Waals surface area (Å²) in [5.41, 5.74) is 0. The minimum absolute atomic E-state index is 0. The Morgan fingerprint density at radius 2 is 2.29 bits per heavy atom. The van der Waals surface area contributed by atoms with E-state index in [1.807, 2.05) is 0 Å². The third-order valence-corrected chi connectivity index (χ3v) is 3.92. The maximum atomic E-state index is 4.92. The number of aromatic nitrogens is 2. The first-order chi connectivity index (χ1) is 9.69. The van der Waals surface area contributed by atoms with Crippen molar-refractivity contribution in [2.45, 2.75) is 26.3 Å². The molecule has 2 rings (SSSR count). The second-order valence-electron chi connectivity index (χ2n) is 4.45. The first kappa shape index (κ1) is 17.9. The normalized spacial score (nSPS) is 12.6. The predicted molar refractivity (Wildman–Crippen MR) is 95.4 cm³/mol. The van der Waals surface area contributed by atoms with E-state index in [0.717, 1.165) is 12.5 Å². The predicted octanol–water partition coefficient (Wildman–Crippen LogP) is 2.53. The van der Waals surface area contributed by atoms with Crippen LogP contribution in [0.3, 0.4) is 0 Å². The number of halogens is 1. The van der Waals surface area contributed by atoms with Crippen molar-refractivity contribution in [1.29, 1.82) is 0 Å². The van der Waals surface area contributed by atoms with Gasteiger partial charge in [0.1, 0.15) is 0 Å². The number of nitrogens with one attached hydrogen (secondary N) is 2. The SMILES string of the molecule is CN=C(NCc1noc(C)n1)NCC(C)c1cccs1.I. The van der Waals surface area contributed by atoms with Gasteiger partial charge in [0.05, 0.1) is 6.54 Å². The van der Waals surface area contributed by atoms with Gasteiger partial charge in [-0.25, -0.2) is 0 Å². The third kappa shape index (κ3) is 5.62. The molecule has 0 fully saturated rings. The molecule has 21 heavy (non-hydrogen) atoms. The molecule has 0 aromatic carbocycles. The Bertz CT molecular complexity index is 555. The van der Waals surface area contributed by atoms with Crippen LogP contribution in [-0.2, 0) is 6.54 Å². The highest BCUT2D eigenvalue weighted by Crippen LogP contribution is 2.19. The van der Waals surface area contributed by atoms with Gasteiger partial charge < -0.3 is 15.2 Å². The van der Waals surface area contributed by atoms with Crippen molar-refractivity contribution in [3.8, 4) is 0 Å². The van der Waals surface area contributed by atoms with Gasteiger partial charge in [0.2, 0.25) is 5.89 Å². The van der Waals surface area contributed by atoms with Crippen LogP contribution in [-0.4, -0.2) is 29.7 Å². The summed E-state index contributed by atoms with van der Waals surface area (Å²) in [6, 6.07) is 4.22. The monoisotopic (exact) mass is 421 g/mol. The van der Waals surface area contributed by atoms with Crippen LogP contribution < -0.4 is 10.6 Å². The van der Waals surface area contributed by atoms with Crippen LogP contribution >= 0.6 is 35.3 Å². The van der Waals surface area contributed by atoms with Crippen molar-refractivity contribution in [3.05, 3.63) is 34.1 Å². The molecule has 0 saturated carbocycles. The maximum absolute atomic E-state index is 4.92. The molecule has 0 bridgehead atoms. The molecular formula is C13H20IN5OS. The molecular weight excluding hydrogens is 401 g/mol. The van der Waals surface area contributed by atoms with Gasteiger partial charge in [0, 0.05) is 31.3 Å². The molecule has 0 radical (unpaired) electrons. The number of hydrogen-bond donors (Lipinski definition) is 2. The second-order valence-corrected chi connectivity index (χ2v) is 5.43. The van der Waals surface area contributed by atoms with Crippen LogP contribution in [0.2, 0.25) is 0 Å². The zero-order valence-electron chi connectivity index (χ0n) is 12.3. The molecule has 0 spiro atoms. The van der Waals surface area contributed by atoms with E-state index in [1.54, 1.807) is 25.3 Å². The number of aryl methyl sites for hydroxylation is 1. The van der Waals surface area contributed by atoms with Gasteiger partial charge >= 0.3 is 0 Å². The third-order valence-electron chi connectivity index (χ3n) is 2.81. The molecule has 0 amide bonds. The summed E-state index contributed by atoms with van der Waals surface area (Å²) < 4.78 is 4.92. The van der Waals surface area contributed by atoms with E-state index < -0.39 is 0 Å². The molecule has 6 nitrogen and oxygen atoms in total. The number of aliphatic imine (C=N–C) groups is 1. The van der Waals surface area contributed by atoms with E-state index >= 15 is 0 Å². The lowest BCUT2D eigenvalue weighted by Gasteiger charge is -2.14. The fourth-order valence-corrected chi connectivity index (χ4v) is 2.51. The molecule has 2 aromatic heterocycles. The van der Waals surface area contributed by atoms with Crippen molar-refractivity contribution in [3.63, 3.8) is 0 Å². The van der Waals surface area contributed by atoms with E-state index in [-0.39, 0.29) is 24.0 Å². The first-order valence-corrected chi connectivity index (χ1v) is 7.34. The number of rotatable bonds is 5. The van der Waals surface area contributed by atoms with E-state index in [1.165, 1.54) is 4.88 Å². The van der Waals surface area contributed by atoms with Crippen molar-refractivity contribution in [2.24, 2.45) is 4.99 Å². The Morgan fingerprint density at radius 3 is 2.86 bits per heavy atom. The molecule has 0 saturated heterocycles. The van der Waals surface area contributed by atoms with E-state index in [0.29, 0.717) is 24.2 Å². The molecule has 2 heterocycles. The Hall–Kier alpha value is -1.16. The van der Waals surface area contributed by atoms with Gasteiger partial charge in [-0.15, -0.1) is 35.3 Å². The number of guanidine groups is 1. The van der Waals surface area contributed by atoms with Crippen molar-refractivity contribution in [1.82, 2.24) is 20.8 Å². The standard InChI is InChI=1S/C13H19N5OS.HI/c1-9(11-5-4-6-20-11)7-15-13(14-3)16-8-12-17-10(2)19-18-12;/h4-6,9H,7-8H2,1-3H3,(H2,14,15,16);1H. The molecule has 1 unspecified atom stereocenters. The minimum atomic E-state index is 0. The number of thiophene rings is 1. The molecule has 0 aliphatic heterocycles. The van der Waals surface area contributed by atoms with Gasteiger partial charge in [-0.3, -0.25) is 4.99 Å². The van der Waals surface area contributed by atoms with Gasteiger partial charge in [-0.1, -0.05) is 18.1 Å². The van der Waals surface area contributed by atoms with Crippen molar-refractivity contribution in [2.75, 3.05) is 13.6 Å². The van der Waals surface area contributed by atoms with E-state index in [2.05, 4.69) is 50.2 Å². The molecule has 116 valence electrons. The maximum Gasteiger partial charge on any atom is 0.223 e. The molecule has 2 N–H and O–H groups in total. The fraction of sp³-hybridized carbons (Fsp3) is 0.462. The van der Waals surface area contributed by atoms with E-state index in [4.69, 9.17) is 4.52 Å². The zero-order chi connectivity index (χ0) is 14.4. The van der Waals surface area contributed by atoms with Crippen LogP contribution in [0.5, 0.6) is 0 Å². The first-order valence-electron chi connectivity index (χ1n) is 6.46. The largest absolute Gasteiger partial charge is 0.356 e. The summed E-state index contributed by atoms with van der Waals surface area (Å²) in [5.74, 6) is 2.37. The quantitative estimate of drug-likeness (QED) is 0.441. The second kappa shape index (κ2) is 8.98. The number of hydrogen-bond acceptors (Lipinski definition) is 5. The van der Waals surface area contributed by atoms with Crippen LogP contribution in [0, 0.1) is 6.92 Å². The lowest BCUT2D eigenvalue weighted by atomic mass is 10.1. The summed E-state index contributed by atoms with van der Waals surface area (Å²) in [6.45, 7) is 5.27. The summed E-state index contributed by atoms with van der Waals surface area (Å²) in [5, 5.41) is 12.4. The topological polar surface area (TPSA) is 75.3 Å². The highest BCUT2D eigenvalue weighted by molar-refractivity contribution is 14.0. The Kier molecular flexibility index (Phi) is 7.65. The number of nitrogens with zero attached hydrogens (tertiary/aromatic N) is 3. The summed E-state index contributed by atoms with van der Waals surface area (Å²) in [7, 11) is 1.74. The van der Waals surface area contributed by atoms with Crippen LogP contribution in [0.15, 0.2) is 27.0 Å². The highest BCUT2D eigenvalue weighted by Gasteiger charge is 2.08. The molecule has 8 heteroatoms. The molecule has 0 aliphatic rings. The van der Waals surface area contributed by atoms with Gasteiger partial charge in [0.25, 0.3) is 0 Å². The molecule has 2 aromatic rings. The summed E-state index contributed by atoms with van der Waals surface area (Å²) in [4.78, 5) is 9.67. The Balaban J connectivity index is 0.00000220. The van der Waals surface area contributed by atoms with Crippen LogP contribution in [0.1, 0.15) is 29.4 Å². The Morgan fingerprint density at radius 1 is 1.48 bits per heavy atom. The Labute approximate surface area is 145 Å². The summed E-state index contributed by atoms with van der Waals surface area (Å²) >= 11 is 1.77. The van der Waals surface area contributed by atoms with Crippen LogP contribution in [0.25, 0.3) is 0 Å². The zero-order valence-corrected chi connectivity index (χ0v) is 15.4. The highest BCUT2D eigenvalue weighted by atomic mass is 127. The lowest BCUT2D eigenvalue weighted by Crippen LogP contribution is -2.38. The average molecular weight is 421 g/mol. The summed E-state index contributed by atoms with van der Waals surface area (Å²) in [6.07, 6.45) is 0. The average Bonchev–Trinajstić information content (AvgIpc) is 3.10. The van der Waals surface area contributed by atoms with Gasteiger partial charge in [0.15, 0.2) is 11.8 Å². The fourth-order valence-electron chi connectivity index (χ4n) is 1.72. The van der Waals surface area contributed by atoms with E-state index in [9.17, 15) is 0 Å². The van der Waals surface area contributed by atoms with Gasteiger partial charge in [-0.05, 0) is 11.4 Å². The molecule has 0 aliphatic carbocycles. The smallest absolute Gasteiger partial charge is 0.223 e. The van der Waals surface area contributed by atoms with Crippen LogP contribution in [0.4, 0.5) is 0 Å².